The average molecular weight is 516 g/mol. The zero-order valence-corrected chi connectivity index (χ0v) is 20.1. The van der Waals surface area contributed by atoms with Crippen molar-refractivity contribution in [1.82, 2.24) is 10.3 Å². The Hall–Kier alpha value is -3.63. The van der Waals surface area contributed by atoms with Crippen molar-refractivity contribution in [3.63, 3.8) is 0 Å². The number of alkyl halides is 3. The molecule has 2 bridgehead atoms. The Morgan fingerprint density at radius 2 is 1.68 bits per heavy atom. The van der Waals surface area contributed by atoms with Gasteiger partial charge in [-0.1, -0.05) is 0 Å². The highest BCUT2D eigenvalue weighted by Gasteiger charge is 2.43. The van der Waals surface area contributed by atoms with Crippen molar-refractivity contribution in [2.24, 2.45) is 11.7 Å². The zero-order chi connectivity index (χ0) is 26.3. The fourth-order valence-corrected chi connectivity index (χ4v) is 5.40. The molecular formula is C26H28F3N5O3. The first-order chi connectivity index (χ1) is 17.6. The van der Waals surface area contributed by atoms with E-state index < -0.39 is 23.4 Å². The van der Waals surface area contributed by atoms with Gasteiger partial charge in [0, 0.05) is 47.7 Å². The van der Waals surface area contributed by atoms with Gasteiger partial charge in [0.1, 0.15) is 5.82 Å². The average Bonchev–Trinajstić information content (AvgIpc) is 3.65. The molecule has 4 N–H and O–H groups in total. The number of halogens is 3. The van der Waals surface area contributed by atoms with Crippen LogP contribution in [0.15, 0.2) is 36.5 Å². The van der Waals surface area contributed by atoms with Crippen molar-refractivity contribution in [2.75, 3.05) is 16.8 Å². The molecule has 0 unspecified atom stereocenters. The molecule has 0 radical (unpaired) electrons. The van der Waals surface area contributed by atoms with Crippen LogP contribution in [0.2, 0.25) is 0 Å². The Labute approximate surface area is 211 Å². The summed E-state index contributed by atoms with van der Waals surface area (Å²) in [6.45, 7) is 0.729. The van der Waals surface area contributed by atoms with E-state index in [1.807, 2.05) is 0 Å². The highest BCUT2D eigenvalue weighted by Crippen LogP contribution is 2.39. The maximum atomic E-state index is 13.1. The Kier molecular flexibility index (Phi) is 6.55. The summed E-state index contributed by atoms with van der Waals surface area (Å²) < 4.78 is 38.1. The molecule has 1 saturated carbocycles. The molecule has 2 aromatic rings. The first-order valence-electron chi connectivity index (χ1n) is 12.4. The maximum absolute atomic E-state index is 13.1. The molecule has 0 spiro atoms. The number of carbonyl (C=O) groups excluding carboxylic acids is 3. The maximum Gasteiger partial charge on any atom is 0.454 e. The van der Waals surface area contributed by atoms with Crippen LogP contribution in [0.4, 0.5) is 24.7 Å². The van der Waals surface area contributed by atoms with Crippen LogP contribution >= 0.6 is 0 Å². The van der Waals surface area contributed by atoms with E-state index in [2.05, 4.69) is 20.5 Å². The first kappa shape index (κ1) is 25.0. The summed E-state index contributed by atoms with van der Waals surface area (Å²) in [6, 6.07) is 7.52. The van der Waals surface area contributed by atoms with Gasteiger partial charge in [-0.05, 0) is 74.8 Å². The number of rotatable bonds is 8. The third-order valence-electron chi connectivity index (χ3n) is 7.43. The number of nitrogens with zero attached hydrogens (tertiary/aromatic N) is 2. The van der Waals surface area contributed by atoms with Gasteiger partial charge in [0.15, 0.2) is 0 Å². The number of hydrogen-bond donors (Lipinski definition) is 3. The quantitative estimate of drug-likeness (QED) is 0.462. The topological polar surface area (TPSA) is 117 Å². The highest BCUT2D eigenvalue weighted by molar-refractivity contribution is 6.02. The van der Waals surface area contributed by atoms with E-state index in [9.17, 15) is 27.6 Å². The normalized spacial score (nSPS) is 23.0. The number of amides is 2. The second kappa shape index (κ2) is 9.68. The van der Waals surface area contributed by atoms with Crippen LogP contribution in [-0.4, -0.2) is 53.4 Å². The lowest BCUT2D eigenvalue weighted by Gasteiger charge is -2.40. The molecule has 3 atom stereocenters. The lowest BCUT2D eigenvalue weighted by atomic mass is 9.96. The molecular weight excluding hydrogens is 487 g/mol. The van der Waals surface area contributed by atoms with Crippen LogP contribution < -0.4 is 21.3 Å². The standard InChI is InChI=1S/C26H28F3N5O3/c27-26(28,29)23(35)16-4-8-22(32-13-16)34-18-5-6-19(34)11-17(10-18)33-25(37)15-3-7-20(24(30)36)21(9-15)31-12-14-1-2-14/h3-4,7-9,13-14,17-19,31H,1-2,5-6,10-12H2,(H2,30,36)(H,33,37)/t17-,18+,19-. The monoisotopic (exact) mass is 515 g/mol. The summed E-state index contributed by atoms with van der Waals surface area (Å²) in [6.07, 6.45) is 1.42. The summed E-state index contributed by atoms with van der Waals surface area (Å²) in [4.78, 5) is 42.6. The molecule has 2 amide bonds. The van der Waals surface area contributed by atoms with Gasteiger partial charge in [-0.3, -0.25) is 14.4 Å². The fraction of sp³-hybridized carbons (Fsp3) is 0.462. The summed E-state index contributed by atoms with van der Waals surface area (Å²) in [5, 5.41) is 6.35. The first-order valence-corrected chi connectivity index (χ1v) is 12.4. The number of ketones is 1. The minimum atomic E-state index is -4.94. The van der Waals surface area contributed by atoms with E-state index in [-0.39, 0.29) is 24.0 Å². The molecule has 3 heterocycles. The number of piperidine rings is 1. The molecule has 3 fully saturated rings. The third-order valence-corrected chi connectivity index (χ3v) is 7.43. The molecule has 196 valence electrons. The smallest absolute Gasteiger partial charge is 0.384 e. The molecule has 1 aliphatic carbocycles. The van der Waals surface area contributed by atoms with E-state index >= 15 is 0 Å². The van der Waals surface area contributed by atoms with E-state index in [0.717, 1.165) is 44.5 Å². The van der Waals surface area contributed by atoms with Gasteiger partial charge in [-0.25, -0.2) is 4.98 Å². The molecule has 1 aromatic carbocycles. The lowest BCUT2D eigenvalue weighted by molar-refractivity contribution is -0.0885. The van der Waals surface area contributed by atoms with E-state index in [0.29, 0.717) is 41.4 Å². The number of Topliss-reactive ketones (excluding diaryl/α,β-unsaturated/α-hetero) is 1. The van der Waals surface area contributed by atoms with Gasteiger partial charge in [0.05, 0.1) is 5.56 Å². The van der Waals surface area contributed by atoms with Crippen LogP contribution in [0.3, 0.4) is 0 Å². The molecule has 2 saturated heterocycles. The van der Waals surface area contributed by atoms with Gasteiger partial charge in [0.2, 0.25) is 0 Å². The van der Waals surface area contributed by atoms with Gasteiger partial charge in [-0.15, -0.1) is 0 Å². The number of hydrogen-bond acceptors (Lipinski definition) is 6. The van der Waals surface area contributed by atoms with Crippen molar-refractivity contribution in [1.29, 1.82) is 0 Å². The summed E-state index contributed by atoms with van der Waals surface area (Å²) in [5.41, 5.74) is 6.35. The number of benzene rings is 1. The van der Waals surface area contributed by atoms with Gasteiger partial charge in [0.25, 0.3) is 17.6 Å². The molecule has 11 heteroatoms. The van der Waals surface area contributed by atoms with E-state index in [1.54, 1.807) is 18.2 Å². The summed E-state index contributed by atoms with van der Waals surface area (Å²) in [5.74, 6) is -1.60. The summed E-state index contributed by atoms with van der Waals surface area (Å²) in [7, 11) is 0. The third kappa shape index (κ3) is 5.40. The Balaban J connectivity index is 1.24. The largest absolute Gasteiger partial charge is 0.454 e. The number of fused-ring (bicyclic) bond motifs is 2. The molecule has 2 aliphatic heterocycles. The van der Waals surface area contributed by atoms with Crippen LogP contribution in [0.25, 0.3) is 0 Å². The number of nitrogens with one attached hydrogen (secondary N) is 2. The number of pyridine rings is 1. The summed E-state index contributed by atoms with van der Waals surface area (Å²) >= 11 is 0. The minimum Gasteiger partial charge on any atom is -0.384 e. The number of carbonyl (C=O) groups is 3. The van der Waals surface area contributed by atoms with E-state index in [4.69, 9.17) is 5.73 Å². The molecule has 8 nitrogen and oxygen atoms in total. The van der Waals surface area contributed by atoms with Crippen LogP contribution in [0.1, 0.15) is 69.6 Å². The highest BCUT2D eigenvalue weighted by atomic mass is 19.4. The van der Waals surface area contributed by atoms with Gasteiger partial charge < -0.3 is 21.3 Å². The predicted molar refractivity (Wildman–Crippen MR) is 131 cm³/mol. The minimum absolute atomic E-state index is 0.0775. The number of primary amides is 1. The Bertz CT molecular complexity index is 1200. The number of aromatic nitrogens is 1. The molecule has 1 aromatic heterocycles. The van der Waals surface area contributed by atoms with Crippen molar-refractivity contribution in [3.8, 4) is 0 Å². The van der Waals surface area contributed by atoms with Crippen LogP contribution in [0.5, 0.6) is 0 Å². The van der Waals surface area contributed by atoms with Crippen LogP contribution in [-0.2, 0) is 0 Å². The fourth-order valence-electron chi connectivity index (χ4n) is 5.40. The Morgan fingerprint density at radius 1 is 1.00 bits per heavy atom. The molecule has 37 heavy (non-hydrogen) atoms. The molecule has 3 aliphatic rings. The SMILES string of the molecule is NC(=O)c1ccc(C(=O)N[C@H]2C[C@H]3CC[C@@H](C2)N3c2ccc(C(=O)C(F)(F)F)cn2)cc1NCC1CC1. The van der Waals surface area contributed by atoms with Crippen LogP contribution in [0, 0.1) is 5.92 Å². The van der Waals surface area contributed by atoms with Crippen molar-refractivity contribution in [3.05, 3.63) is 53.2 Å². The number of nitrogens with two attached hydrogens (primary N) is 1. The van der Waals surface area contributed by atoms with Gasteiger partial charge >= 0.3 is 6.18 Å². The second-order valence-corrected chi connectivity index (χ2v) is 10.1. The Morgan fingerprint density at radius 3 is 2.24 bits per heavy atom. The van der Waals surface area contributed by atoms with Gasteiger partial charge in [-0.2, -0.15) is 13.2 Å². The lowest BCUT2D eigenvalue weighted by Crippen LogP contribution is -2.50. The zero-order valence-electron chi connectivity index (χ0n) is 20.1. The van der Waals surface area contributed by atoms with Crippen molar-refractivity contribution >= 4 is 29.1 Å². The number of anilines is 2. The van der Waals surface area contributed by atoms with Crippen molar-refractivity contribution in [2.45, 2.75) is 62.8 Å². The van der Waals surface area contributed by atoms with E-state index in [1.165, 1.54) is 6.07 Å². The molecule has 5 rings (SSSR count). The second-order valence-electron chi connectivity index (χ2n) is 10.1. The predicted octanol–water partition coefficient (Wildman–Crippen LogP) is 3.68. The van der Waals surface area contributed by atoms with Crippen molar-refractivity contribution < 1.29 is 27.6 Å².